The van der Waals surface area contributed by atoms with E-state index in [1.54, 1.807) is 19.1 Å². The SMILES string of the molecule is COc1cc(S(=O)(=O)Oc2[c]cccc2)c(O)cc1C. The van der Waals surface area contributed by atoms with Crippen LogP contribution in [-0.4, -0.2) is 20.6 Å². The number of aromatic hydroxyl groups is 1. The summed E-state index contributed by atoms with van der Waals surface area (Å²) in [5.41, 5.74) is 0.621. The van der Waals surface area contributed by atoms with E-state index in [1.165, 1.54) is 31.4 Å². The summed E-state index contributed by atoms with van der Waals surface area (Å²) in [6.07, 6.45) is 0. The van der Waals surface area contributed by atoms with Gasteiger partial charge in [0, 0.05) is 12.1 Å². The molecule has 2 rings (SSSR count). The second kappa shape index (κ2) is 5.42. The first kappa shape index (κ1) is 14.2. The second-order valence-corrected chi connectivity index (χ2v) is 5.57. The van der Waals surface area contributed by atoms with Gasteiger partial charge in [0.1, 0.15) is 11.5 Å². The van der Waals surface area contributed by atoms with E-state index >= 15 is 0 Å². The average Bonchev–Trinajstić information content (AvgIpc) is 2.39. The molecule has 0 bridgehead atoms. The van der Waals surface area contributed by atoms with Crippen LogP contribution in [0.15, 0.2) is 41.3 Å². The van der Waals surface area contributed by atoms with E-state index in [9.17, 15) is 13.5 Å². The van der Waals surface area contributed by atoms with E-state index in [0.29, 0.717) is 11.3 Å². The molecule has 20 heavy (non-hydrogen) atoms. The number of hydrogen-bond donors (Lipinski definition) is 1. The van der Waals surface area contributed by atoms with E-state index < -0.39 is 10.1 Å². The van der Waals surface area contributed by atoms with E-state index in [4.69, 9.17) is 8.92 Å². The number of methoxy groups -OCH3 is 1. The lowest BCUT2D eigenvalue weighted by atomic mass is 10.2. The zero-order chi connectivity index (χ0) is 14.8. The van der Waals surface area contributed by atoms with Crippen LogP contribution in [0.5, 0.6) is 17.2 Å². The Morgan fingerprint density at radius 1 is 1.25 bits per heavy atom. The normalized spacial score (nSPS) is 11.1. The van der Waals surface area contributed by atoms with Crippen LogP contribution in [0.3, 0.4) is 0 Å². The largest absolute Gasteiger partial charge is 0.506 e. The van der Waals surface area contributed by atoms with Gasteiger partial charge in [-0.15, -0.1) is 0 Å². The molecule has 0 saturated heterocycles. The van der Waals surface area contributed by atoms with Crippen LogP contribution in [0.2, 0.25) is 0 Å². The first-order valence-corrected chi connectivity index (χ1v) is 7.13. The van der Waals surface area contributed by atoms with Crippen LogP contribution in [-0.2, 0) is 10.1 Å². The average molecular weight is 293 g/mol. The molecule has 0 amide bonds. The molecule has 105 valence electrons. The molecule has 0 aliphatic carbocycles. The van der Waals surface area contributed by atoms with E-state index in [0.717, 1.165) is 0 Å². The topological polar surface area (TPSA) is 72.8 Å². The maximum Gasteiger partial charge on any atom is 0.343 e. The maximum absolute atomic E-state index is 12.1. The Labute approximate surface area is 117 Å². The predicted octanol–water partition coefficient (Wildman–Crippen LogP) is 2.28. The van der Waals surface area contributed by atoms with Crippen LogP contribution in [0.4, 0.5) is 0 Å². The van der Waals surface area contributed by atoms with Crippen LogP contribution < -0.4 is 8.92 Å². The van der Waals surface area contributed by atoms with Crippen molar-refractivity contribution in [2.45, 2.75) is 11.8 Å². The Hall–Kier alpha value is -2.21. The molecular formula is C14H13O5S. The molecule has 2 aromatic carbocycles. The van der Waals surface area contributed by atoms with Crippen LogP contribution in [0.1, 0.15) is 5.56 Å². The van der Waals surface area contributed by atoms with E-state index in [2.05, 4.69) is 6.07 Å². The van der Waals surface area contributed by atoms with Gasteiger partial charge in [-0.3, -0.25) is 0 Å². The van der Waals surface area contributed by atoms with Gasteiger partial charge in [0.25, 0.3) is 0 Å². The lowest BCUT2D eigenvalue weighted by Gasteiger charge is -2.11. The fourth-order valence-electron chi connectivity index (χ4n) is 1.67. The summed E-state index contributed by atoms with van der Waals surface area (Å²) >= 11 is 0. The van der Waals surface area contributed by atoms with Gasteiger partial charge in [-0.25, -0.2) is 0 Å². The van der Waals surface area contributed by atoms with Crippen molar-refractivity contribution in [1.29, 1.82) is 0 Å². The van der Waals surface area contributed by atoms with Gasteiger partial charge in [0.15, 0.2) is 10.6 Å². The molecule has 1 N–H and O–H groups in total. The molecule has 0 atom stereocenters. The Bertz CT molecular complexity index is 708. The molecule has 0 aromatic heterocycles. The Morgan fingerprint density at radius 2 is 2.00 bits per heavy atom. The summed E-state index contributed by atoms with van der Waals surface area (Å²) in [7, 11) is -2.74. The molecule has 0 unspecified atom stereocenters. The highest BCUT2D eigenvalue weighted by Gasteiger charge is 2.23. The molecule has 0 aliphatic rings. The van der Waals surface area contributed by atoms with Crippen LogP contribution >= 0.6 is 0 Å². The quantitative estimate of drug-likeness (QED) is 0.875. The van der Waals surface area contributed by atoms with Crippen molar-refractivity contribution >= 4 is 10.1 Å². The smallest absolute Gasteiger partial charge is 0.343 e. The van der Waals surface area contributed by atoms with Crippen molar-refractivity contribution in [2.75, 3.05) is 7.11 Å². The molecule has 0 heterocycles. The Kier molecular flexibility index (Phi) is 3.85. The number of aryl methyl sites for hydroxylation is 1. The lowest BCUT2D eigenvalue weighted by molar-refractivity contribution is 0.402. The summed E-state index contributed by atoms with van der Waals surface area (Å²) < 4.78 is 34.2. The monoisotopic (exact) mass is 293 g/mol. The van der Waals surface area contributed by atoms with Crippen molar-refractivity contribution in [3.8, 4) is 17.2 Å². The Balaban J connectivity index is 2.44. The molecule has 6 heteroatoms. The van der Waals surface area contributed by atoms with Gasteiger partial charge in [-0.2, -0.15) is 8.42 Å². The van der Waals surface area contributed by atoms with Crippen LogP contribution in [0, 0.1) is 13.0 Å². The van der Waals surface area contributed by atoms with Crippen molar-refractivity contribution in [3.05, 3.63) is 48.0 Å². The van der Waals surface area contributed by atoms with E-state index in [1.807, 2.05) is 0 Å². The van der Waals surface area contributed by atoms with Crippen molar-refractivity contribution in [3.63, 3.8) is 0 Å². The zero-order valence-corrected chi connectivity index (χ0v) is 11.8. The standard InChI is InChI=1S/C14H13O5S/c1-10-8-12(15)14(9-13(10)18-2)20(16,17)19-11-6-4-3-5-7-11/h3-6,8-9,15H,1-2H3. The lowest BCUT2D eigenvalue weighted by Crippen LogP contribution is -2.10. The number of hydrogen-bond acceptors (Lipinski definition) is 5. The van der Waals surface area contributed by atoms with Gasteiger partial charge < -0.3 is 14.0 Å². The minimum Gasteiger partial charge on any atom is -0.506 e. The summed E-state index contributed by atoms with van der Waals surface area (Å²) in [5, 5.41) is 9.80. The third-order valence-corrected chi connectivity index (χ3v) is 3.89. The van der Waals surface area contributed by atoms with Gasteiger partial charge in [0.2, 0.25) is 0 Å². The number of phenols is 1. The van der Waals surface area contributed by atoms with Gasteiger partial charge in [0.05, 0.1) is 7.11 Å². The number of rotatable bonds is 4. The van der Waals surface area contributed by atoms with Gasteiger partial charge in [-0.1, -0.05) is 18.2 Å². The number of phenolic OH excluding ortho intramolecular Hbond substituents is 1. The third-order valence-electron chi connectivity index (χ3n) is 2.63. The minimum atomic E-state index is -4.15. The second-order valence-electron chi connectivity index (χ2n) is 4.05. The Morgan fingerprint density at radius 3 is 2.60 bits per heavy atom. The fourth-order valence-corrected chi connectivity index (χ4v) is 2.66. The molecular weight excluding hydrogens is 280 g/mol. The molecule has 0 saturated carbocycles. The molecule has 2 aromatic rings. The highest BCUT2D eigenvalue weighted by atomic mass is 32.2. The number of para-hydroxylation sites is 1. The number of ether oxygens (including phenoxy) is 1. The summed E-state index contributed by atoms with van der Waals surface area (Å²) in [6.45, 7) is 1.70. The zero-order valence-electron chi connectivity index (χ0n) is 11.0. The minimum absolute atomic E-state index is 0.0476. The van der Waals surface area contributed by atoms with Crippen molar-refractivity contribution in [2.24, 2.45) is 0 Å². The van der Waals surface area contributed by atoms with Crippen molar-refractivity contribution in [1.82, 2.24) is 0 Å². The highest BCUT2D eigenvalue weighted by Crippen LogP contribution is 2.32. The highest BCUT2D eigenvalue weighted by molar-refractivity contribution is 7.87. The molecule has 1 radical (unpaired) electrons. The van der Waals surface area contributed by atoms with E-state index in [-0.39, 0.29) is 16.4 Å². The molecule has 0 aliphatic heterocycles. The predicted molar refractivity (Wildman–Crippen MR) is 72.5 cm³/mol. The summed E-state index contributed by atoms with van der Waals surface area (Å²) in [4.78, 5) is -0.350. The first-order valence-electron chi connectivity index (χ1n) is 5.73. The first-order chi connectivity index (χ1) is 9.44. The van der Waals surface area contributed by atoms with Gasteiger partial charge in [-0.05, 0) is 24.6 Å². The molecule has 0 spiro atoms. The number of benzene rings is 2. The third kappa shape index (κ3) is 2.85. The van der Waals surface area contributed by atoms with Crippen LogP contribution in [0.25, 0.3) is 0 Å². The fraction of sp³-hybridized carbons (Fsp3) is 0.143. The van der Waals surface area contributed by atoms with Gasteiger partial charge >= 0.3 is 10.1 Å². The van der Waals surface area contributed by atoms with Crippen molar-refractivity contribution < 1.29 is 22.4 Å². The summed E-state index contributed by atoms with van der Waals surface area (Å²) in [5.74, 6) is 0.00712. The molecule has 5 nitrogen and oxygen atoms in total. The maximum atomic E-state index is 12.1. The summed E-state index contributed by atoms with van der Waals surface area (Å²) in [6, 6.07) is 11.5. The molecule has 0 fully saturated rings.